The first-order chi connectivity index (χ1) is 15.7. The highest BCUT2D eigenvalue weighted by molar-refractivity contribution is 7.80. The molecule has 2 heterocycles. The normalized spacial score (nSPS) is 15.4. The van der Waals surface area contributed by atoms with Crippen LogP contribution in [0.2, 0.25) is 0 Å². The highest BCUT2D eigenvalue weighted by Gasteiger charge is 2.34. The van der Waals surface area contributed by atoms with E-state index in [0.29, 0.717) is 5.69 Å². The maximum absolute atomic E-state index is 13.4. The summed E-state index contributed by atoms with van der Waals surface area (Å²) in [6.45, 7) is 10.2. The molecule has 1 aromatic heterocycles. The lowest BCUT2D eigenvalue weighted by atomic mass is 10.1. The SMILES string of the molecule is CCc1ccc(N2C(=O)C(=Cc3cc(C)n(-c4cc(C)cc(C)c4)c3C)C(=O)NC2=S)cc1. The Morgan fingerprint density at radius 2 is 1.55 bits per heavy atom. The van der Waals surface area contributed by atoms with E-state index in [1.807, 2.05) is 44.2 Å². The van der Waals surface area contributed by atoms with Gasteiger partial charge in [-0.3, -0.25) is 19.8 Å². The van der Waals surface area contributed by atoms with Crippen LogP contribution in [0.4, 0.5) is 5.69 Å². The fourth-order valence-electron chi connectivity index (χ4n) is 4.34. The highest BCUT2D eigenvalue weighted by Crippen LogP contribution is 2.27. The molecule has 1 aliphatic heterocycles. The van der Waals surface area contributed by atoms with Crippen molar-refractivity contribution in [1.29, 1.82) is 0 Å². The Balaban J connectivity index is 1.75. The standard InChI is InChI=1S/C27H27N3O2S/c1-6-20-7-9-22(10-8-20)30-26(32)24(25(31)28-27(30)33)15-21-14-18(4)29(19(21)5)23-12-16(2)11-17(3)13-23/h7-15H,6H2,1-5H3,(H,28,31,33). The van der Waals surface area contributed by atoms with Crippen LogP contribution < -0.4 is 10.2 Å². The second kappa shape index (κ2) is 8.79. The summed E-state index contributed by atoms with van der Waals surface area (Å²) >= 11 is 5.32. The molecule has 1 N–H and O–H groups in total. The molecule has 0 spiro atoms. The second-order valence-electron chi connectivity index (χ2n) is 8.49. The molecule has 0 unspecified atom stereocenters. The summed E-state index contributed by atoms with van der Waals surface area (Å²) < 4.78 is 2.14. The molecule has 0 saturated carbocycles. The van der Waals surface area contributed by atoms with Gasteiger partial charge in [-0.2, -0.15) is 0 Å². The minimum Gasteiger partial charge on any atom is -0.318 e. The van der Waals surface area contributed by atoms with Gasteiger partial charge in [0.15, 0.2) is 5.11 Å². The number of rotatable bonds is 4. The first-order valence-electron chi connectivity index (χ1n) is 11.0. The van der Waals surface area contributed by atoms with Gasteiger partial charge in [0.1, 0.15) is 5.57 Å². The Hall–Kier alpha value is -3.51. The Morgan fingerprint density at radius 3 is 2.15 bits per heavy atom. The average molecular weight is 458 g/mol. The minimum absolute atomic E-state index is 0.0591. The summed E-state index contributed by atoms with van der Waals surface area (Å²) in [4.78, 5) is 27.5. The van der Waals surface area contributed by atoms with Crippen LogP contribution in [0.1, 0.15) is 40.6 Å². The van der Waals surface area contributed by atoms with Crippen molar-refractivity contribution in [3.05, 3.63) is 87.7 Å². The van der Waals surface area contributed by atoms with E-state index in [1.54, 1.807) is 6.08 Å². The summed E-state index contributed by atoms with van der Waals surface area (Å²) in [5, 5.41) is 2.76. The molecule has 33 heavy (non-hydrogen) atoms. The van der Waals surface area contributed by atoms with Gasteiger partial charge in [0.05, 0.1) is 5.69 Å². The van der Waals surface area contributed by atoms with Gasteiger partial charge in [-0.1, -0.05) is 25.1 Å². The van der Waals surface area contributed by atoms with Crippen LogP contribution in [-0.2, 0) is 16.0 Å². The second-order valence-corrected chi connectivity index (χ2v) is 8.87. The zero-order chi connectivity index (χ0) is 23.9. The first kappa shape index (κ1) is 22.7. The summed E-state index contributed by atoms with van der Waals surface area (Å²) in [6.07, 6.45) is 2.56. The maximum atomic E-state index is 13.4. The Bertz CT molecular complexity index is 1300. The summed E-state index contributed by atoms with van der Waals surface area (Å²) in [5.74, 6) is -0.910. The van der Waals surface area contributed by atoms with Crippen LogP contribution in [0.5, 0.6) is 0 Å². The van der Waals surface area contributed by atoms with Gasteiger partial charge in [0.25, 0.3) is 11.8 Å². The van der Waals surface area contributed by atoms with Crippen LogP contribution >= 0.6 is 12.2 Å². The van der Waals surface area contributed by atoms with Gasteiger partial charge in [-0.15, -0.1) is 0 Å². The van der Waals surface area contributed by atoms with E-state index in [-0.39, 0.29) is 10.7 Å². The van der Waals surface area contributed by atoms with E-state index in [2.05, 4.69) is 48.9 Å². The molecule has 168 valence electrons. The number of nitrogens with one attached hydrogen (secondary N) is 1. The van der Waals surface area contributed by atoms with E-state index in [1.165, 1.54) is 16.0 Å². The highest BCUT2D eigenvalue weighted by atomic mass is 32.1. The predicted octanol–water partition coefficient (Wildman–Crippen LogP) is 5.10. The monoisotopic (exact) mass is 457 g/mol. The maximum Gasteiger partial charge on any atom is 0.270 e. The molecule has 5 nitrogen and oxygen atoms in total. The smallest absolute Gasteiger partial charge is 0.270 e. The number of amides is 2. The average Bonchev–Trinajstić information content (AvgIpc) is 3.03. The number of nitrogens with zero attached hydrogens (tertiary/aromatic N) is 2. The third-order valence-corrected chi connectivity index (χ3v) is 6.22. The van der Waals surface area contributed by atoms with E-state index >= 15 is 0 Å². The van der Waals surface area contributed by atoms with Crippen LogP contribution in [-0.4, -0.2) is 21.5 Å². The van der Waals surface area contributed by atoms with Crippen LogP contribution in [0.3, 0.4) is 0 Å². The molecule has 1 fully saturated rings. The van der Waals surface area contributed by atoms with Gasteiger partial charge in [-0.05, 0) is 105 Å². The number of benzene rings is 2. The van der Waals surface area contributed by atoms with Gasteiger partial charge < -0.3 is 4.57 Å². The van der Waals surface area contributed by atoms with Crippen molar-refractivity contribution in [1.82, 2.24) is 9.88 Å². The van der Waals surface area contributed by atoms with Crippen LogP contribution in [0.25, 0.3) is 11.8 Å². The number of hydrogen-bond donors (Lipinski definition) is 1. The molecule has 1 aliphatic rings. The van der Waals surface area contributed by atoms with Crippen molar-refractivity contribution in [3.63, 3.8) is 0 Å². The number of anilines is 1. The van der Waals surface area contributed by atoms with E-state index in [0.717, 1.165) is 34.6 Å². The van der Waals surface area contributed by atoms with Crippen molar-refractivity contribution in [2.24, 2.45) is 0 Å². The predicted molar refractivity (Wildman–Crippen MR) is 137 cm³/mol. The van der Waals surface area contributed by atoms with Gasteiger partial charge in [-0.25, -0.2) is 0 Å². The van der Waals surface area contributed by atoms with Crippen molar-refractivity contribution in [3.8, 4) is 5.69 Å². The Kier molecular flexibility index (Phi) is 6.04. The van der Waals surface area contributed by atoms with Gasteiger partial charge in [0, 0.05) is 17.1 Å². The number of thiocarbonyl (C=S) groups is 1. The zero-order valence-corrected chi connectivity index (χ0v) is 20.3. The number of carbonyl (C=O) groups is 2. The third-order valence-electron chi connectivity index (χ3n) is 5.94. The number of aromatic nitrogens is 1. The topological polar surface area (TPSA) is 54.3 Å². The third kappa shape index (κ3) is 4.26. The molecule has 6 heteroatoms. The van der Waals surface area contributed by atoms with Crippen molar-refractivity contribution in [2.75, 3.05) is 4.90 Å². The molecule has 0 atom stereocenters. The van der Waals surface area contributed by atoms with Crippen molar-refractivity contribution in [2.45, 2.75) is 41.0 Å². The summed E-state index contributed by atoms with van der Waals surface area (Å²) in [5.41, 5.74) is 8.07. The lowest BCUT2D eigenvalue weighted by Gasteiger charge is -2.29. The molecular formula is C27H27N3O2S. The van der Waals surface area contributed by atoms with E-state index in [9.17, 15) is 9.59 Å². The molecule has 0 radical (unpaired) electrons. The fourth-order valence-corrected chi connectivity index (χ4v) is 4.62. The Morgan fingerprint density at radius 1 is 0.909 bits per heavy atom. The molecule has 4 rings (SSSR count). The minimum atomic E-state index is -0.484. The fraction of sp³-hybridized carbons (Fsp3) is 0.222. The largest absolute Gasteiger partial charge is 0.318 e. The molecule has 1 saturated heterocycles. The molecule has 3 aromatic rings. The van der Waals surface area contributed by atoms with Crippen LogP contribution in [0.15, 0.2) is 54.1 Å². The number of hydrogen-bond acceptors (Lipinski definition) is 3. The van der Waals surface area contributed by atoms with E-state index < -0.39 is 11.8 Å². The molecule has 0 bridgehead atoms. The van der Waals surface area contributed by atoms with Gasteiger partial charge >= 0.3 is 0 Å². The lowest BCUT2D eigenvalue weighted by Crippen LogP contribution is -2.54. The Labute approximate surface area is 199 Å². The van der Waals surface area contributed by atoms with Crippen molar-refractivity contribution < 1.29 is 9.59 Å². The van der Waals surface area contributed by atoms with Crippen molar-refractivity contribution >= 4 is 40.9 Å². The molecular weight excluding hydrogens is 430 g/mol. The van der Waals surface area contributed by atoms with Gasteiger partial charge in [0.2, 0.25) is 0 Å². The molecule has 0 aliphatic carbocycles. The molecule has 2 aromatic carbocycles. The zero-order valence-electron chi connectivity index (χ0n) is 19.5. The number of carbonyl (C=O) groups excluding carboxylic acids is 2. The summed E-state index contributed by atoms with van der Waals surface area (Å²) in [6, 6.07) is 16.0. The van der Waals surface area contributed by atoms with E-state index in [4.69, 9.17) is 12.2 Å². The molecule has 2 amide bonds. The lowest BCUT2D eigenvalue weighted by molar-refractivity contribution is -0.122. The quantitative estimate of drug-likeness (QED) is 0.337. The first-order valence-corrected chi connectivity index (χ1v) is 11.4. The summed E-state index contributed by atoms with van der Waals surface area (Å²) in [7, 11) is 0. The van der Waals surface area contributed by atoms with Crippen LogP contribution in [0, 0.1) is 27.7 Å². The number of aryl methyl sites for hydroxylation is 4.